The standard InChI is InChI=1S/C60H40N2/c1-3-16-41(17-4-1)42-30-34-48(35-31-42)61(49-36-32-43(33-37-49)56-39-45-18-7-9-24-51(45)53-26-11-12-27-54(53)56)50-23-15-20-44(38-50)57-40-46-19-8-10-25-52(46)60-59(57)55-28-13-14-29-58(55)62(60)47-21-5-2-6-22-47/h1-40H. The summed E-state index contributed by atoms with van der Waals surface area (Å²) in [6.45, 7) is 0. The quantitative estimate of drug-likeness (QED) is 0.146. The fraction of sp³-hybridized carbons (Fsp3) is 0. The van der Waals surface area contributed by atoms with Crippen LogP contribution in [0.15, 0.2) is 243 Å². The minimum Gasteiger partial charge on any atom is -0.310 e. The van der Waals surface area contributed by atoms with Gasteiger partial charge >= 0.3 is 0 Å². The van der Waals surface area contributed by atoms with Gasteiger partial charge in [0.25, 0.3) is 0 Å². The molecule has 2 heteroatoms. The van der Waals surface area contributed by atoms with Crippen LogP contribution in [-0.2, 0) is 0 Å². The zero-order valence-corrected chi connectivity index (χ0v) is 34.0. The van der Waals surface area contributed by atoms with Gasteiger partial charge < -0.3 is 9.47 Å². The maximum Gasteiger partial charge on any atom is 0.0625 e. The third-order valence-electron chi connectivity index (χ3n) is 12.5. The molecule has 0 N–H and O–H groups in total. The lowest BCUT2D eigenvalue weighted by molar-refractivity contribution is 1.19. The first-order valence-electron chi connectivity index (χ1n) is 21.3. The van der Waals surface area contributed by atoms with E-state index in [1.54, 1.807) is 0 Å². The molecule has 0 saturated heterocycles. The first kappa shape index (κ1) is 35.7. The van der Waals surface area contributed by atoms with E-state index in [0.29, 0.717) is 0 Å². The van der Waals surface area contributed by atoms with Crippen molar-refractivity contribution < 1.29 is 0 Å². The summed E-state index contributed by atoms with van der Waals surface area (Å²) in [6, 6.07) is 88.4. The average molecular weight is 789 g/mol. The summed E-state index contributed by atoms with van der Waals surface area (Å²) < 4.78 is 2.45. The van der Waals surface area contributed by atoms with Crippen molar-refractivity contribution in [2.75, 3.05) is 4.90 Å². The fourth-order valence-electron chi connectivity index (χ4n) is 9.68. The number of aromatic nitrogens is 1. The molecule has 0 fully saturated rings. The molecule has 0 unspecified atom stereocenters. The van der Waals surface area contributed by atoms with E-state index in [9.17, 15) is 0 Å². The highest BCUT2D eigenvalue weighted by molar-refractivity contribution is 6.24. The highest BCUT2D eigenvalue weighted by atomic mass is 15.1. The van der Waals surface area contributed by atoms with Crippen molar-refractivity contribution in [3.8, 4) is 39.1 Å². The van der Waals surface area contributed by atoms with E-state index in [0.717, 1.165) is 22.7 Å². The number of nitrogens with zero attached hydrogens (tertiary/aromatic N) is 2. The summed E-state index contributed by atoms with van der Waals surface area (Å²) in [5.41, 5.74) is 14.0. The Kier molecular flexibility index (Phi) is 8.53. The van der Waals surface area contributed by atoms with Gasteiger partial charge in [-0.05, 0) is 127 Å². The molecule has 0 atom stereocenters. The van der Waals surface area contributed by atoms with Crippen molar-refractivity contribution in [2.45, 2.75) is 0 Å². The summed E-state index contributed by atoms with van der Waals surface area (Å²) in [6.07, 6.45) is 0. The predicted molar refractivity (Wildman–Crippen MR) is 264 cm³/mol. The number of rotatable bonds is 7. The van der Waals surface area contributed by atoms with Gasteiger partial charge in [-0.1, -0.05) is 176 Å². The van der Waals surface area contributed by atoms with Gasteiger partial charge in [-0.2, -0.15) is 0 Å². The number of para-hydroxylation sites is 2. The lowest BCUT2D eigenvalue weighted by Gasteiger charge is -2.26. The molecule has 0 bridgehead atoms. The van der Waals surface area contributed by atoms with E-state index < -0.39 is 0 Å². The van der Waals surface area contributed by atoms with E-state index in [-0.39, 0.29) is 0 Å². The summed E-state index contributed by atoms with van der Waals surface area (Å²) >= 11 is 0. The normalized spacial score (nSPS) is 11.5. The molecule has 11 aromatic carbocycles. The van der Waals surface area contributed by atoms with Gasteiger partial charge in [-0.15, -0.1) is 0 Å². The molecule has 0 aliphatic heterocycles. The molecule has 0 aliphatic carbocycles. The zero-order chi connectivity index (χ0) is 41.0. The average Bonchev–Trinajstić information content (AvgIpc) is 3.70. The van der Waals surface area contributed by atoms with Crippen molar-refractivity contribution >= 4 is 71.2 Å². The minimum absolute atomic E-state index is 1.09. The lowest BCUT2D eigenvalue weighted by atomic mass is 9.93. The maximum absolute atomic E-state index is 2.45. The van der Waals surface area contributed by atoms with Crippen LogP contribution < -0.4 is 4.90 Å². The number of benzene rings is 11. The van der Waals surface area contributed by atoms with E-state index in [4.69, 9.17) is 0 Å². The third kappa shape index (κ3) is 5.96. The lowest BCUT2D eigenvalue weighted by Crippen LogP contribution is -2.10. The van der Waals surface area contributed by atoms with E-state index in [2.05, 4.69) is 252 Å². The largest absolute Gasteiger partial charge is 0.310 e. The second-order valence-electron chi connectivity index (χ2n) is 16.1. The molecule has 2 nitrogen and oxygen atoms in total. The SMILES string of the molecule is c1ccc(-c2ccc(N(c3ccc(-c4cc5ccccc5c5ccccc45)cc3)c3cccc(-c4cc5ccccc5c5c4c4ccccc4n5-c4ccccc4)c3)cc2)cc1. The maximum atomic E-state index is 2.45. The van der Waals surface area contributed by atoms with Gasteiger partial charge in [0, 0.05) is 38.9 Å². The number of hydrogen-bond acceptors (Lipinski definition) is 1. The molecule has 62 heavy (non-hydrogen) atoms. The van der Waals surface area contributed by atoms with Gasteiger partial charge in [0.15, 0.2) is 0 Å². The van der Waals surface area contributed by atoms with Crippen LogP contribution in [-0.4, -0.2) is 4.57 Å². The van der Waals surface area contributed by atoms with Crippen LogP contribution in [0, 0.1) is 0 Å². The first-order chi connectivity index (χ1) is 30.8. The molecule has 1 heterocycles. The summed E-state index contributed by atoms with van der Waals surface area (Å²) in [4.78, 5) is 2.39. The van der Waals surface area contributed by atoms with Gasteiger partial charge in [0.1, 0.15) is 0 Å². The molecule has 0 saturated carbocycles. The Bertz CT molecular complexity index is 3600. The summed E-state index contributed by atoms with van der Waals surface area (Å²) in [7, 11) is 0. The second-order valence-corrected chi connectivity index (χ2v) is 16.1. The Morgan fingerprint density at radius 2 is 0.806 bits per heavy atom. The van der Waals surface area contributed by atoms with Crippen LogP contribution >= 0.6 is 0 Å². The minimum atomic E-state index is 1.09. The Morgan fingerprint density at radius 3 is 1.53 bits per heavy atom. The Hall–Kier alpha value is -8.20. The van der Waals surface area contributed by atoms with Crippen LogP contribution in [0.4, 0.5) is 17.1 Å². The van der Waals surface area contributed by atoms with Crippen LogP contribution in [0.5, 0.6) is 0 Å². The van der Waals surface area contributed by atoms with Crippen LogP contribution in [0.2, 0.25) is 0 Å². The third-order valence-corrected chi connectivity index (χ3v) is 12.5. The van der Waals surface area contributed by atoms with Gasteiger partial charge in [0.05, 0.1) is 11.0 Å². The molecule has 0 spiro atoms. The molecule has 12 aromatic rings. The highest BCUT2D eigenvalue weighted by Crippen LogP contribution is 2.45. The smallest absolute Gasteiger partial charge is 0.0625 e. The molecule has 12 rings (SSSR count). The second kappa shape index (κ2) is 14.8. The molecular formula is C60H40N2. The van der Waals surface area contributed by atoms with Gasteiger partial charge in [-0.3, -0.25) is 0 Å². The number of anilines is 3. The van der Waals surface area contributed by atoms with Crippen molar-refractivity contribution in [2.24, 2.45) is 0 Å². The zero-order valence-electron chi connectivity index (χ0n) is 34.0. The number of fused-ring (bicyclic) bond motifs is 8. The fourth-order valence-corrected chi connectivity index (χ4v) is 9.68. The molecule has 0 radical (unpaired) electrons. The predicted octanol–water partition coefficient (Wildman–Crippen LogP) is 16.7. The van der Waals surface area contributed by atoms with Crippen molar-refractivity contribution in [1.29, 1.82) is 0 Å². The van der Waals surface area contributed by atoms with Crippen LogP contribution in [0.25, 0.3) is 93.2 Å². The monoisotopic (exact) mass is 788 g/mol. The van der Waals surface area contributed by atoms with Crippen LogP contribution in [0.3, 0.4) is 0 Å². The van der Waals surface area contributed by atoms with Gasteiger partial charge in [0.2, 0.25) is 0 Å². The van der Waals surface area contributed by atoms with Crippen molar-refractivity contribution in [1.82, 2.24) is 4.57 Å². The molecule has 0 amide bonds. The first-order valence-corrected chi connectivity index (χ1v) is 21.3. The van der Waals surface area contributed by atoms with E-state index in [1.165, 1.54) is 87.5 Å². The molecule has 290 valence electrons. The number of hydrogen-bond donors (Lipinski definition) is 0. The van der Waals surface area contributed by atoms with Crippen molar-refractivity contribution in [3.05, 3.63) is 243 Å². The Balaban J connectivity index is 1.04. The molecular weight excluding hydrogens is 749 g/mol. The van der Waals surface area contributed by atoms with Crippen molar-refractivity contribution in [3.63, 3.8) is 0 Å². The van der Waals surface area contributed by atoms with E-state index in [1.807, 2.05) is 0 Å². The molecule has 0 aliphatic rings. The van der Waals surface area contributed by atoms with Crippen LogP contribution in [0.1, 0.15) is 0 Å². The Labute approximate surface area is 360 Å². The van der Waals surface area contributed by atoms with Gasteiger partial charge in [-0.25, -0.2) is 0 Å². The molecule has 1 aromatic heterocycles. The topological polar surface area (TPSA) is 8.17 Å². The summed E-state index contributed by atoms with van der Waals surface area (Å²) in [5, 5.41) is 10.0. The van der Waals surface area contributed by atoms with E-state index >= 15 is 0 Å². The summed E-state index contributed by atoms with van der Waals surface area (Å²) in [5.74, 6) is 0. The highest BCUT2D eigenvalue weighted by Gasteiger charge is 2.21. The Morgan fingerprint density at radius 1 is 0.290 bits per heavy atom.